The van der Waals surface area contributed by atoms with Gasteiger partial charge in [0, 0.05) is 6.61 Å². The number of aryl methyl sites for hydroxylation is 2. The zero-order valence-corrected chi connectivity index (χ0v) is 13.3. The number of rotatable bonds is 5. The average molecular weight is 277 g/mol. The van der Waals surface area contributed by atoms with Crippen LogP contribution in [0.5, 0.6) is 5.75 Å². The minimum atomic E-state index is 0.265. The van der Waals surface area contributed by atoms with Gasteiger partial charge in [0.15, 0.2) is 0 Å². The number of nitrogens with one attached hydrogen (secondary N) is 1. The summed E-state index contributed by atoms with van der Waals surface area (Å²) >= 11 is 0. The molecule has 0 aliphatic carbocycles. The molecule has 3 atom stereocenters. The Morgan fingerprint density at radius 3 is 2.45 bits per heavy atom. The summed E-state index contributed by atoms with van der Waals surface area (Å²) in [5, 5.41) is 3.60. The molecule has 1 aliphatic rings. The second-order valence-electron chi connectivity index (χ2n) is 5.82. The van der Waals surface area contributed by atoms with Crippen molar-refractivity contribution in [2.75, 3.05) is 20.3 Å². The fourth-order valence-corrected chi connectivity index (χ4v) is 3.27. The number of likely N-dealkylation sites (N-methyl/N-ethyl adjacent to an activating group) is 1. The fourth-order valence-electron chi connectivity index (χ4n) is 3.27. The van der Waals surface area contributed by atoms with Crippen LogP contribution in [0.3, 0.4) is 0 Å². The van der Waals surface area contributed by atoms with E-state index >= 15 is 0 Å². The molecular weight excluding hydrogens is 250 g/mol. The first-order chi connectivity index (χ1) is 9.58. The predicted molar refractivity (Wildman–Crippen MR) is 82.4 cm³/mol. The molecule has 0 aromatic heterocycles. The highest BCUT2D eigenvalue weighted by atomic mass is 16.5. The zero-order chi connectivity index (χ0) is 14.7. The summed E-state index contributed by atoms with van der Waals surface area (Å²) in [5.41, 5.74) is 3.69. The van der Waals surface area contributed by atoms with Gasteiger partial charge in [0.05, 0.1) is 19.3 Å². The number of benzene rings is 1. The Morgan fingerprint density at radius 2 is 2.00 bits per heavy atom. The van der Waals surface area contributed by atoms with Gasteiger partial charge < -0.3 is 14.8 Å². The number of hydrogen-bond donors (Lipinski definition) is 1. The van der Waals surface area contributed by atoms with Crippen LogP contribution in [-0.4, -0.2) is 26.4 Å². The highest BCUT2D eigenvalue weighted by Crippen LogP contribution is 2.34. The molecule has 1 aliphatic heterocycles. The SMILES string of the molecule is CCNC(c1cc(C)c(OC)c(C)c1)C1OCCC1C. The number of methoxy groups -OCH3 is 1. The van der Waals surface area contributed by atoms with Crippen molar-refractivity contribution in [1.82, 2.24) is 5.32 Å². The molecule has 1 fully saturated rings. The molecule has 0 radical (unpaired) electrons. The summed E-state index contributed by atoms with van der Waals surface area (Å²) in [6, 6.07) is 4.72. The maximum atomic E-state index is 5.98. The van der Waals surface area contributed by atoms with E-state index in [0.29, 0.717) is 5.92 Å². The normalized spacial score (nSPS) is 23.9. The first-order valence-electron chi connectivity index (χ1n) is 7.58. The third-order valence-electron chi connectivity index (χ3n) is 4.24. The van der Waals surface area contributed by atoms with Crippen LogP contribution in [-0.2, 0) is 4.74 Å². The van der Waals surface area contributed by atoms with E-state index < -0.39 is 0 Å². The van der Waals surface area contributed by atoms with Crippen molar-refractivity contribution in [3.05, 3.63) is 28.8 Å². The van der Waals surface area contributed by atoms with Crippen molar-refractivity contribution in [3.8, 4) is 5.75 Å². The molecule has 1 N–H and O–H groups in total. The second-order valence-corrected chi connectivity index (χ2v) is 5.82. The van der Waals surface area contributed by atoms with E-state index in [1.807, 2.05) is 0 Å². The van der Waals surface area contributed by atoms with Crippen LogP contribution < -0.4 is 10.1 Å². The largest absolute Gasteiger partial charge is 0.496 e. The van der Waals surface area contributed by atoms with Crippen molar-refractivity contribution < 1.29 is 9.47 Å². The molecule has 3 nitrogen and oxygen atoms in total. The summed E-state index contributed by atoms with van der Waals surface area (Å²) in [7, 11) is 1.74. The van der Waals surface area contributed by atoms with Crippen LogP contribution >= 0.6 is 0 Å². The molecule has 1 heterocycles. The van der Waals surface area contributed by atoms with Crippen molar-refractivity contribution in [2.24, 2.45) is 5.92 Å². The van der Waals surface area contributed by atoms with Gasteiger partial charge in [-0.25, -0.2) is 0 Å². The lowest BCUT2D eigenvalue weighted by atomic mass is 9.90. The molecule has 1 saturated heterocycles. The fraction of sp³-hybridized carbons (Fsp3) is 0.647. The van der Waals surface area contributed by atoms with Crippen molar-refractivity contribution >= 4 is 0 Å². The smallest absolute Gasteiger partial charge is 0.124 e. The summed E-state index contributed by atoms with van der Waals surface area (Å²) in [6.07, 6.45) is 1.42. The molecule has 1 aromatic rings. The summed E-state index contributed by atoms with van der Waals surface area (Å²) < 4.78 is 11.4. The Bertz CT molecular complexity index is 435. The van der Waals surface area contributed by atoms with E-state index in [0.717, 1.165) is 25.3 Å². The highest BCUT2D eigenvalue weighted by Gasteiger charge is 2.33. The molecule has 3 heteroatoms. The minimum absolute atomic E-state index is 0.265. The van der Waals surface area contributed by atoms with E-state index in [9.17, 15) is 0 Å². The van der Waals surface area contributed by atoms with Gasteiger partial charge in [-0.2, -0.15) is 0 Å². The maximum Gasteiger partial charge on any atom is 0.124 e. The van der Waals surface area contributed by atoms with Crippen LogP contribution in [0.4, 0.5) is 0 Å². The summed E-state index contributed by atoms with van der Waals surface area (Å²) in [4.78, 5) is 0. The molecule has 0 amide bonds. The monoisotopic (exact) mass is 277 g/mol. The van der Waals surface area contributed by atoms with Crippen LogP contribution in [0.2, 0.25) is 0 Å². The predicted octanol–water partition coefficient (Wildman–Crippen LogP) is 3.39. The molecule has 20 heavy (non-hydrogen) atoms. The second kappa shape index (κ2) is 6.59. The van der Waals surface area contributed by atoms with Crippen LogP contribution in [0.15, 0.2) is 12.1 Å². The summed E-state index contributed by atoms with van der Waals surface area (Å²) in [6.45, 7) is 10.5. The molecule has 0 spiro atoms. The number of hydrogen-bond acceptors (Lipinski definition) is 3. The van der Waals surface area contributed by atoms with Gasteiger partial charge in [-0.3, -0.25) is 0 Å². The van der Waals surface area contributed by atoms with Crippen LogP contribution in [0, 0.1) is 19.8 Å². The van der Waals surface area contributed by atoms with Gasteiger partial charge in [-0.1, -0.05) is 26.0 Å². The van der Waals surface area contributed by atoms with Gasteiger partial charge in [0.1, 0.15) is 5.75 Å². The van der Waals surface area contributed by atoms with E-state index in [1.54, 1.807) is 7.11 Å². The van der Waals surface area contributed by atoms with Gasteiger partial charge in [-0.15, -0.1) is 0 Å². The highest BCUT2D eigenvalue weighted by molar-refractivity contribution is 5.44. The van der Waals surface area contributed by atoms with Crippen LogP contribution in [0.1, 0.15) is 43.0 Å². The minimum Gasteiger partial charge on any atom is -0.496 e. The van der Waals surface area contributed by atoms with Crippen molar-refractivity contribution in [3.63, 3.8) is 0 Å². The first kappa shape index (κ1) is 15.3. The van der Waals surface area contributed by atoms with Gasteiger partial charge in [0.2, 0.25) is 0 Å². The third-order valence-corrected chi connectivity index (χ3v) is 4.24. The van der Waals surface area contributed by atoms with Gasteiger partial charge >= 0.3 is 0 Å². The Labute approximate surface area is 122 Å². The average Bonchev–Trinajstić information content (AvgIpc) is 2.81. The standard InChI is InChI=1S/C17H27NO2/c1-6-18-15(17-11(2)7-8-20-17)14-9-12(3)16(19-5)13(4)10-14/h9-11,15,17-18H,6-8H2,1-5H3. The van der Waals surface area contributed by atoms with Crippen molar-refractivity contribution in [1.29, 1.82) is 0 Å². The Balaban J connectivity index is 2.34. The maximum absolute atomic E-state index is 5.98. The van der Waals surface area contributed by atoms with E-state index in [-0.39, 0.29) is 12.1 Å². The molecule has 1 aromatic carbocycles. The Hall–Kier alpha value is -1.06. The lowest BCUT2D eigenvalue weighted by Crippen LogP contribution is -2.34. The molecule has 0 saturated carbocycles. The quantitative estimate of drug-likeness (QED) is 0.895. The molecule has 3 unspecified atom stereocenters. The van der Waals surface area contributed by atoms with E-state index in [2.05, 4.69) is 45.1 Å². The Morgan fingerprint density at radius 1 is 1.35 bits per heavy atom. The summed E-state index contributed by atoms with van der Waals surface area (Å²) in [5.74, 6) is 1.59. The molecule has 0 bridgehead atoms. The topological polar surface area (TPSA) is 30.5 Å². The zero-order valence-electron chi connectivity index (χ0n) is 13.3. The molecule has 112 valence electrons. The Kier molecular flexibility index (Phi) is 5.06. The lowest BCUT2D eigenvalue weighted by molar-refractivity contribution is 0.0611. The molecular formula is C17H27NO2. The van der Waals surface area contributed by atoms with Gasteiger partial charge in [0.25, 0.3) is 0 Å². The lowest BCUT2D eigenvalue weighted by Gasteiger charge is -2.28. The molecule has 2 rings (SSSR count). The number of ether oxygens (including phenoxy) is 2. The van der Waals surface area contributed by atoms with E-state index in [4.69, 9.17) is 9.47 Å². The first-order valence-corrected chi connectivity index (χ1v) is 7.58. The van der Waals surface area contributed by atoms with E-state index in [1.165, 1.54) is 16.7 Å². The van der Waals surface area contributed by atoms with Crippen molar-refractivity contribution in [2.45, 2.75) is 46.3 Å². The van der Waals surface area contributed by atoms with Crippen LogP contribution in [0.25, 0.3) is 0 Å². The third kappa shape index (κ3) is 2.99. The van der Waals surface area contributed by atoms with Gasteiger partial charge in [-0.05, 0) is 49.4 Å².